The van der Waals surface area contributed by atoms with Gasteiger partial charge in [0.15, 0.2) is 0 Å². The molecule has 2 aromatic carbocycles. The third kappa shape index (κ3) is 3.79. The van der Waals surface area contributed by atoms with E-state index < -0.39 is 0 Å². The SMILES string of the molecule is Cc1ccc(C(=O)NCCc2cc3cc(C)c(C)cc3[nH]c2=O)cc1. The molecular weight excluding hydrogens is 312 g/mol. The van der Waals surface area contributed by atoms with Gasteiger partial charge in [0.05, 0.1) is 0 Å². The number of pyridine rings is 1. The summed E-state index contributed by atoms with van der Waals surface area (Å²) in [5, 5.41) is 3.89. The van der Waals surface area contributed by atoms with Gasteiger partial charge in [0.25, 0.3) is 11.5 Å². The predicted octanol–water partition coefficient (Wildman–Crippen LogP) is 3.43. The Morgan fingerprint density at radius 2 is 1.68 bits per heavy atom. The summed E-state index contributed by atoms with van der Waals surface area (Å²) in [5.41, 5.74) is 5.52. The molecule has 1 aromatic heterocycles. The molecule has 0 aliphatic carbocycles. The standard InChI is InChI=1S/C21H22N2O2/c1-13-4-6-16(7-5-13)20(24)22-9-8-17-12-18-10-14(2)15(3)11-19(18)23-21(17)25/h4-7,10-12H,8-9H2,1-3H3,(H,22,24)(H,23,25). The monoisotopic (exact) mass is 334 g/mol. The van der Waals surface area contributed by atoms with E-state index in [1.54, 1.807) is 12.1 Å². The molecule has 0 aliphatic rings. The van der Waals surface area contributed by atoms with Crippen LogP contribution in [0, 0.1) is 20.8 Å². The van der Waals surface area contributed by atoms with E-state index in [4.69, 9.17) is 0 Å². The average Bonchev–Trinajstić information content (AvgIpc) is 2.57. The van der Waals surface area contributed by atoms with Gasteiger partial charge in [-0.2, -0.15) is 0 Å². The fourth-order valence-electron chi connectivity index (χ4n) is 2.83. The zero-order valence-corrected chi connectivity index (χ0v) is 14.8. The van der Waals surface area contributed by atoms with Gasteiger partial charge in [0.1, 0.15) is 0 Å². The largest absolute Gasteiger partial charge is 0.352 e. The maximum absolute atomic E-state index is 12.2. The fraction of sp³-hybridized carbons (Fsp3) is 0.238. The Morgan fingerprint density at radius 3 is 2.40 bits per heavy atom. The number of carbonyl (C=O) groups is 1. The lowest BCUT2D eigenvalue weighted by Crippen LogP contribution is -2.27. The van der Waals surface area contributed by atoms with Gasteiger partial charge in [-0.1, -0.05) is 17.7 Å². The lowest BCUT2D eigenvalue weighted by molar-refractivity contribution is 0.0954. The van der Waals surface area contributed by atoms with Gasteiger partial charge in [-0.25, -0.2) is 0 Å². The third-order valence-electron chi connectivity index (χ3n) is 4.53. The number of hydrogen-bond donors (Lipinski definition) is 2. The van der Waals surface area contributed by atoms with Crippen molar-refractivity contribution in [2.24, 2.45) is 0 Å². The van der Waals surface area contributed by atoms with E-state index in [9.17, 15) is 9.59 Å². The highest BCUT2D eigenvalue weighted by Gasteiger charge is 2.07. The van der Waals surface area contributed by atoms with Crippen molar-refractivity contribution in [3.8, 4) is 0 Å². The smallest absolute Gasteiger partial charge is 0.251 e. The second-order valence-corrected chi connectivity index (χ2v) is 6.52. The molecule has 4 nitrogen and oxygen atoms in total. The van der Waals surface area contributed by atoms with Crippen molar-refractivity contribution in [3.63, 3.8) is 0 Å². The van der Waals surface area contributed by atoms with E-state index in [0.717, 1.165) is 22.0 Å². The number of nitrogens with one attached hydrogen (secondary N) is 2. The summed E-state index contributed by atoms with van der Waals surface area (Å²) in [7, 11) is 0. The van der Waals surface area contributed by atoms with Crippen LogP contribution >= 0.6 is 0 Å². The minimum absolute atomic E-state index is 0.0969. The Labute approximate surface area is 146 Å². The van der Waals surface area contributed by atoms with Gasteiger partial charge in [-0.05, 0) is 74.0 Å². The number of amides is 1. The molecule has 25 heavy (non-hydrogen) atoms. The predicted molar refractivity (Wildman–Crippen MR) is 101 cm³/mol. The highest BCUT2D eigenvalue weighted by molar-refractivity contribution is 5.94. The molecule has 2 N–H and O–H groups in total. The Morgan fingerprint density at radius 1 is 1.00 bits per heavy atom. The van der Waals surface area contributed by atoms with Gasteiger partial charge >= 0.3 is 0 Å². The van der Waals surface area contributed by atoms with Crippen molar-refractivity contribution < 1.29 is 4.79 Å². The second kappa shape index (κ2) is 6.93. The molecule has 0 saturated carbocycles. The first-order chi connectivity index (χ1) is 11.9. The number of fused-ring (bicyclic) bond motifs is 1. The molecule has 3 rings (SSSR count). The molecular formula is C21H22N2O2. The van der Waals surface area contributed by atoms with Crippen LogP contribution in [0.15, 0.2) is 47.3 Å². The van der Waals surface area contributed by atoms with Crippen LogP contribution in [0.4, 0.5) is 0 Å². The first-order valence-corrected chi connectivity index (χ1v) is 8.42. The fourth-order valence-corrected chi connectivity index (χ4v) is 2.83. The molecule has 0 unspecified atom stereocenters. The Balaban J connectivity index is 1.71. The highest BCUT2D eigenvalue weighted by atomic mass is 16.1. The van der Waals surface area contributed by atoms with Gasteiger partial charge in [0.2, 0.25) is 0 Å². The molecule has 0 bridgehead atoms. The van der Waals surface area contributed by atoms with Crippen molar-refractivity contribution in [3.05, 3.63) is 80.6 Å². The van der Waals surface area contributed by atoms with Gasteiger partial charge in [-0.15, -0.1) is 0 Å². The first-order valence-electron chi connectivity index (χ1n) is 8.42. The van der Waals surface area contributed by atoms with Gasteiger partial charge < -0.3 is 10.3 Å². The number of carbonyl (C=O) groups excluding carboxylic acids is 1. The van der Waals surface area contributed by atoms with E-state index in [1.165, 1.54) is 5.56 Å². The summed E-state index contributed by atoms with van der Waals surface area (Å²) in [5.74, 6) is -0.122. The first kappa shape index (κ1) is 17.0. The number of hydrogen-bond acceptors (Lipinski definition) is 2. The molecule has 0 aliphatic heterocycles. The third-order valence-corrected chi connectivity index (χ3v) is 4.53. The molecule has 0 fully saturated rings. The van der Waals surface area contributed by atoms with Crippen LogP contribution in [0.5, 0.6) is 0 Å². The summed E-state index contributed by atoms with van der Waals surface area (Å²) >= 11 is 0. The zero-order valence-electron chi connectivity index (χ0n) is 14.8. The van der Waals surface area contributed by atoms with Crippen LogP contribution in [0.25, 0.3) is 10.9 Å². The molecule has 1 amide bonds. The van der Waals surface area contributed by atoms with Crippen LogP contribution in [-0.2, 0) is 6.42 Å². The van der Waals surface area contributed by atoms with Crippen LogP contribution in [-0.4, -0.2) is 17.4 Å². The molecule has 128 valence electrons. The Bertz CT molecular complexity index is 985. The molecule has 0 spiro atoms. The van der Waals surface area contributed by atoms with E-state index in [1.807, 2.05) is 38.1 Å². The van der Waals surface area contributed by atoms with E-state index in [-0.39, 0.29) is 11.5 Å². The van der Waals surface area contributed by atoms with Crippen LogP contribution < -0.4 is 10.9 Å². The Kier molecular flexibility index (Phi) is 4.70. The lowest BCUT2D eigenvalue weighted by Gasteiger charge is -2.08. The van der Waals surface area contributed by atoms with Crippen molar-refractivity contribution >= 4 is 16.8 Å². The van der Waals surface area contributed by atoms with Crippen molar-refractivity contribution in [2.75, 3.05) is 6.54 Å². The maximum atomic E-state index is 12.2. The molecule has 3 aromatic rings. The van der Waals surface area contributed by atoms with Crippen LogP contribution in [0.3, 0.4) is 0 Å². The van der Waals surface area contributed by atoms with E-state index >= 15 is 0 Å². The molecule has 4 heteroatoms. The number of benzene rings is 2. The summed E-state index contributed by atoms with van der Waals surface area (Å²) in [6.07, 6.45) is 0.496. The second-order valence-electron chi connectivity index (χ2n) is 6.52. The topological polar surface area (TPSA) is 62.0 Å². The number of aromatic amines is 1. The molecule has 0 saturated heterocycles. The summed E-state index contributed by atoms with van der Waals surface area (Å²) in [6.45, 7) is 6.49. The Hall–Kier alpha value is -2.88. The summed E-state index contributed by atoms with van der Waals surface area (Å²) in [4.78, 5) is 27.3. The number of aryl methyl sites for hydroxylation is 3. The summed E-state index contributed by atoms with van der Waals surface area (Å²) in [6, 6.07) is 13.4. The average molecular weight is 334 g/mol. The normalized spacial score (nSPS) is 10.8. The highest BCUT2D eigenvalue weighted by Crippen LogP contribution is 2.17. The lowest BCUT2D eigenvalue weighted by atomic mass is 10.0. The van der Waals surface area contributed by atoms with Gasteiger partial charge in [0, 0.05) is 23.2 Å². The van der Waals surface area contributed by atoms with Crippen molar-refractivity contribution in [1.82, 2.24) is 10.3 Å². The molecule has 1 heterocycles. The zero-order chi connectivity index (χ0) is 18.0. The van der Waals surface area contributed by atoms with Crippen LogP contribution in [0.1, 0.15) is 32.6 Å². The maximum Gasteiger partial charge on any atom is 0.251 e. The molecule has 0 radical (unpaired) electrons. The molecule has 0 atom stereocenters. The number of H-pyrrole nitrogens is 1. The minimum atomic E-state index is -0.122. The van der Waals surface area contributed by atoms with Crippen LogP contribution in [0.2, 0.25) is 0 Å². The van der Waals surface area contributed by atoms with E-state index in [2.05, 4.69) is 23.3 Å². The van der Waals surface area contributed by atoms with Gasteiger partial charge in [-0.3, -0.25) is 9.59 Å². The minimum Gasteiger partial charge on any atom is -0.352 e. The number of aromatic nitrogens is 1. The quantitative estimate of drug-likeness (QED) is 0.768. The van der Waals surface area contributed by atoms with Crippen molar-refractivity contribution in [1.29, 1.82) is 0 Å². The van der Waals surface area contributed by atoms with Crippen molar-refractivity contribution in [2.45, 2.75) is 27.2 Å². The number of rotatable bonds is 4. The summed E-state index contributed by atoms with van der Waals surface area (Å²) < 4.78 is 0. The van der Waals surface area contributed by atoms with E-state index in [0.29, 0.717) is 24.1 Å².